The summed E-state index contributed by atoms with van der Waals surface area (Å²) >= 11 is 1.56. The molecule has 0 saturated carbocycles. The smallest absolute Gasteiger partial charge is 0.353 e. The number of pyridine rings is 1. The second-order valence-corrected chi connectivity index (χ2v) is 6.56. The second-order valence-electron chi connectivity index (χ2n) is 5.53. The van der Waals surface area contributed by atoms with Crippen molar-refractivity contribution in [3.05, 3.63) is 46.3 Å². The van der Waals surface area contributed by atoms with Gasteiger partial charge in [0.2, 0.25) is 5.91 Å². The summed E-state index contributed by atoms with van der Waals surface area (Å²) in [7, 11) is 0. The Balaban J connectivity index is 1.56. The SMILES string of the molecule is O=C(Cc1cccs1)N1CCN(c2ccc(C(F)(F)F)cn2)CC1. The van der Waals surface area contributed by atoms with Gasteiger partial charge in [-0.3, -0.25) is 4.79 Å². The van der Waals surface area contributed by atoms with E-state index in [1.807, 2.05) is 22.4 Å². The van der Waals surface area contributed by atoms with Gasteiger partial charge in [0.1, 0.15) is 5.82 Å². The van der Waals surface area contributed by atoms with Crippen LogP contribution in [0.2, 0.25) is 0 Å². The number of anilines is 1. The molecule has 24 heavy (non-hydrogen) atoms. The molecule has 0 radical (unpaired) electrons. The monoisotopic (exact) mass is 355 g/mol. The minimum absolute atomic E-state index is 0.0810. The lowest BCUT2D eigenvalue weighted by Crippen LogP contribution is -2.49. The van der Waals surface area contributed by atoms with Crippen molar-refractivity contribution in [2.24, 2.45) is 0 Å². The summed E-state index contributed by atoms with van der Waals surface area (Å²) in [5, 5.41) is 1.94. The molecule has 4 nitrogen and oxygen atoms in total. The molecule has 0 aliphatic carbocycles. The Bertz CT molecular complexity index is 678. The number of amides is 1. The Morgan fingerprint density at radius 1 is 1.17 bits per heavy atom. The van der Waals surface area contributed by atoms with Crippen molar-refractivity contribution in [1.82, 2.24) is 9.88 Å². The van der Waals surface area contributed by atoms with Gasteiger partial charge in [0.15, 0.2) is 0 Å². The molecule has 1 amide bonds. The van der Waals surface area contributed by atoms with E-state index in [1.165, 1.54) is 6.07 Å². The van der Waals surface area contributed by atoms with Crippen LogP contribution in [0, 0.1) is 0 Å². The minimum atomic E-state index is -4.38. The quantitative estimate of drug-likeness (QED) is 0.849. The molecule has 128 valence electrons. The standard InChI is InChI=1S/C16H16F3N3OS/c17-16(18,19)12-3-4-14(20-11-12)21-5-7-22(8-6-21)15(23)10-13-2-1-9-24-13/h1-4,9,11H,5-8,10H2. The highest BCUT2D eigenvalue weighted by molar-refractivity contribution is 7.10. The highest BCUT2D eigenvalue weighted by Gasteiger charge is 2.31. The summed E-state index contributed by atoms with van der Waals surface area (Å²) in [6.07, 6.45) is -3.13. The highest BCUT2D eigenvalue weighted by atomic mass is 32.1. The van der Waals surface area contributed by atoms with Crippen molar-refractivity contribution in [2.45, 2.75) is 12.6 Å². The fraction of sp³-hybridized carbons (Fsp3) is 0.375. The Hall–Kier alpha value is -2.09. The van der Waals surface area contributed by atoms with Crippen molar-refractivity contribution >= 4 is 23.1 Å². The molecule has 0 bridgehead atoms. The predicted octanol–water partition coefficient (Wildman–Crippen LogP) is 3.05. The van der Waals surface area contributed by atoms with Crippen LogP contribution in [-0.2, 0) is 17.4 Å². The summed E-state index contributed by atoms with van der Waals surface area (Å²) in [4.78, 5) is 20.9. The van der Waals surface area contributed by atoms with Crippen LogP contribution in [0.5, 0.6) is 0 Å². The molecular weight excluding hydrogens is 339 g/mol. The number of piperazine rings is 1. The minimum Gasteiger partial charge on any atom is -0.353 e. The molecule has 3 rings (SSSR count). The number of aromatic nitrogens is 1. The normalized spacial score (nSPS) is 15.6. The van der Waals surface area contributed by atoms with Gasteiger partial charge in [-0.25, -0.2) is 4.98 Å². The van der Waals surface area contributed by atoms with Crippen molar-refractivity contribution < 1.29 is 18.0 Å². The topological polar surface area (TPSA) is 36.4 Å². The van der Waals surface area contributed by atoms with E-state index in [4.69, 9.17) is 0 Å². The lowest BCUT2D eigenvalue weighted by molar-refractivity contribution is -0.137. The van der Waals surface area contributed by atoms with E-state index in [9.17, 15) is 18.0 Å². The third-order valence-corrected chi connectivity index (χ3v) is 4.81. The van der Waals surface area contributed by atoms with E-state index in [0.29, 0.717) is 38.4 Å². The van der Waals surface area contributed by atoms with Crippen LogP contribution in [-0.4, -0.2) is 42.0 Å². The van der Waals surface area contributed by atoms with Gasteiger partial charge in [0.05, 0.1) is 12.0 Å². The van der Waals surface area contributed by atoms with Crippen LogP contribution >= 0.6 is 11.3 Å². The first-order valence-electron chi connectivity index (χ1n) is 7.52. The zero-order valence-corrected chi connectivity index (χ0v) is 13.6. The Labute approximate surface area is 141 Å². The second kappa shape index (κ2) is 6.80. The Morgan fingerprint density at radius 3 is 2.46 bits per heavy atom. The zero-order valence-electron chi connectivity index (χ0n) is 12.8. The Morgan fingerprint density at radius 2 is 1.92 bits per heavy atom. The third kappa shape index (κ3) is 3.87. The third-order valence-electron chi connectivity index (χ3n) is 3.94. The van der Waals surface area contributed by atoms with Gasteiger partial charge in [-0.2, -0.15) is 13.2 Å². The number of alkyl halides is 3. The Kier molecular flexibility index (Phi) is 4.75. The zero-order chi connectivity index (χ0) is 17.2. The van der Waals surface area contributed by atoms with Crippen LogP contribution in [0.1, 0.15) is 10.4 Å². The van der Waals surface area contributed by atoms with Gasteiger partial charge >= 0.3 is 6.18 Å². The van der Waals surface area contributed by atoms with Crippen LogP contribution in [0.15, 0.2) is 35.8 Å². The first-order valence-corrected chi connectivity index (χ1v) is 8.40. The van der Waals surface area contributed by atoms with Gasteiger partial charge < -0.3 is 9.80 Å². The van der Waals surface area contributed by atoms with Gasteiger partial charge in [-0.15, -0.1) is 11.3 Å². The maximum atomic E-state index is 12.6. The van der Waals surface area contributed by atoms with Crippen LogP contribution in [0.3, 0.4) is 0 Å². The van der Waals surface area contributed by atoms with Gasteiger partial charge in [0, 0.05) is 37.3 Å². The van der Waals surface area contributed by atoms with E-state index in [0.717, 1.165) is 17.1 Å². The summed E-state index contributed by atoms with van der Waals surface area (Å²) in [6.45, 7) is 2.23. The van der Waals surface area contributed by atoms with Crippen molar-refractivity contribution in [3.63, 3.8) is 0 Å². The van der Waals surface area contributed by atoms with Crippen molar-refractivity contribution in [2.75, 3.05) is 31.1 Å². The van der Waals surface area contributed by atoms with Gasteiger partial charge in [-0.1, -0.05) is 6.07 Å². The summed E-state index contributed by atoms with van der Waals surface area (Å²) in [5.41, 5.74) is -0.754. The number of halogens is 3. The van der Waals surface area contributed by atoms with Crippen molar-refractivity contribution in [3.8, 4) is 0 Å². The lowest BCUT2D eigenvalue weighted by atomic mass is 10.2. The first-order chi connectivity index (χ1) is 11.4. The molecule has 0 unspecified atom stereocenters. The molecule has 8 heteroatoms. The molecule has 1 aliphatic rings. The fourth-order valence-corrected chi connectivity index (χ4v) is 3.30. The molecule has 1 fully saturated rings. The molecule has 3 heterocycles. The van der Waals surface area contributed by atoms with Crippen LogP contribution in [0.4, 0.5) is 19.0 Å². The van der Waals surface area contributed by atoms with Gasteiger partial charge in [0.25, 0.3) is 0 Å². The van der Waals surface area contributed by atoms with Crippen LogP contribution in [0.25, 0.3) is 0 Å². The lowest BCUT2D eigenvalue weighted by Gasteiger charge is -2.35. The van der Waals surface area contributed by atoms with E-state index in [1.54, 1.807) is 16.2 Å². The number of hydrogen-bond donors (Lipinski definition) is 0. The fourth-order valence-electron chi connectivity index (χ4n) is 2.60. The first kappa shape index (κ1) is 16.8. The van der Waals surface area contributed by atoms with E-state index >= 15 is 0 Å². The maximum Gasteiger partial charge on any atom is 0.417 e. The number of rotatable bonds is 3. The average molecular weight is 355 g/mol. The largest absolute Gasteiger partial charge is 0.417 e. The molecule has 0 spiro atoms. The molecular formula is C16H16F3N3OS. The predicted molar refractivity (Wildman–Crippen MR) is 86.1 cm³/mol. The van der Waals surface area contributed by atoms with E-state index < -0.39 is 11.7 Å². The molecule has 0 aromatic carbocycles. The molecule has 0 N–H and O–H groups in total. The van der Waals surface area contributed by atoms with Crippen LogP contribution < -0.4 is 4.90 Å². The molecule has 1 saturated heterocycles. The van der Waals surface area contributed by atoms with E-state index in [-0.39, 0.29) is 5.91 Å². The molecule has 0 atom stereocenters. The summed E-state index contributed by atoms with van der Waals surface area (Å²) in [6, 6.07) is 6.27. The van der Waals surface area contributed by atoms with Gasteiger partial charge in [-0.05, 0) is 23.6 Å². The number of hydrogen-bond acceptors (Lipinski definition) is 4. The highest BCUT2D eigenvalue weighted by Crippen LogP contribution is 2.29. The molecule has 2 aromatic heterocycles. The van der Waals surface area contributed by atoms with Crippen molar-refractivity contribution in [1.29, 1.82) is 0 Å². The van der Waals surface area contributed by atoms with E-state index in [2.05, 4.69) is 4.98 Å². The molecule has 2 aromatic rings. The summed E-state index contributed by atoms with van der Waals surface area (Å²) in [5.74, 6) is 0.589. The number of thiophene rings is 1. The number of carbonyl (C=O) groups is 1. The molecule has 1 aliphatic heterocycles. The average Bonchev–Trinajstić information content (AvgIpc) is 3.07. The number of nitrogens with zero attached hydrogens (tertiary/aromatic N) is 3. The maximum absolute atomic E-state index is 12.6. The number of carbonyl (C=O) groups excluding carboxylic acids is 1. The summed E-state index contributed by atoms with van der Waals surface area (Å²) < 4.78 is 37.7.